The van der Waals surface area contributed by atoms with Crippen molar-refractivity contribution in [2.45, 2.75) is 34.9 Å². The van der Waals surface area contributed by atoms with E-state index in [-0.39, 0.29) is 17.7 Å². The fourth-order valence-corrected chi connectivity index (χ4v) is 7.14. The minimum atomic E-state index is -0.881. The summed E-state index contributed by atoms with van der Waals surface area (Å²) in [5, 5.41) is 11.1. The quantitative estimate of drug-likeness (QED) is 0.433. The van der Waals surface area contributed by atoms with E-state index in [4.69, 9.17) is 0 Å². The summed E-state index contributed by atoms with van der Waals surface area (Å²) in [6.07, 6.45) is 5.00. The van der Waals surface area contributed by atoms with Crippen LogP contribution in [0, 0.1) is 0 Å². The summed E-state index contributed by atoms with van der Waals surface area (Å²) in [6, 6.07) is 16.1. The summed E-state index contributed by atoms with van der Waals surface area (Å²) in [5.41, 5.74) is 3.90. The monoisotopic (exact) mass is 497 g/mol. The average Bonchev–Trinajstić information content (AvgIpc) is 3.66. The Morgan fingerprint density at radius 2 is 1.97 bits per heavy atom. The van der Waals surface area contributed by atoms with Crippen LogP contribution < -0.4 is 15.1 Å². The summed E-state index contributed by atoms with van der Waals surface area (Å²) in [4.78, 5) is 39.1. The first-order valence-corrected chi connectivity index (χ1v) is 12.9. The maximum absolute atomic E-state index is 13.5. The SMILES string of the molecule is O=C1CCC2(C(=O)NCCC3CN(c4ncnc5[nH]ncc45)c4ccccc43)Sc3ccccc3N12. The highest BCUT2D eigenvalue weighted by Crippen LogP contribution is 2.55. The molecule has 9 nitrogen and oxygen atoms in total. The molecule has 2 atom stereocenters. The van der Waals surface area contributed by atoms with Crippen LogP contribution in [0.5, 0.6) is 0 Å². The zero-order valence-corrected chi connectivity index (χ0v) is 20.2. The van der Waals surface area contributed by atoms with Crippen LogP contribution in [0.4, 0.5) is 17.2 Å². The van der Waals surface area contributed by atoms with Crippen molar-refractivity contribution in [1.29, 1.82) is 0 Å². The first kappa shape index (κ1) is 21.4. The molecule has 3 aliphatic rings. The summed E-state index contributed by atoms with van der Waals surface area (Å²) in [6.45, 7) is 1.28. The lowest BCUT2D eigenvalue weighted by atomic mass is 9.98. The predicted octanol–water partition coefficient (Wildman–Crippen LogP) is 3.72. The fraction of sp³-hybridized carbons (Fsp3) is 0.269. The third-order valence-electron chi connectivity index (χ3n) is 7.36. The average molecular weight is 498 g/mol. The van der Waals surface area contributed by atoms with E-state index in [2.05, 4.69) is 48.6 Å². The Hall–Kier alpha value is -3.92. The fourth-order valence-electron chi connectivity index (χ4n) is 5.71. The van der Waals surface area contributed by atoms with Crippen molar-refractivity contribution in [3.63, 3.8) is 0 Å². The van der Waals surface area contributed by atoms with Crippen molar-refractivity contribution >= 4 is 51.8 Å². The van der Waals surface area contributed by atoms with E-state index >= 15 is 0 Å². The molecule has 5 heterocycles. The van der Waals surface area contributed by atoms with Gasteiger partial charge in [0.2, 0.25) is 5.91 Å². The summed E-state index contributed by atoms with van der Waals surface area (Å²) < 4.78 is 0. The largest absolute Gasteiger partial charge is 0.353 e. The number of hydrogen-bond acceptors (Lipinski definition) is 7. The van der Waals surface area contributed by atoms with Gasteiger partial charge in [-0.3, -0.25) is 19.6 Å². The van der Waals surface area contributed by atoms with Crippen LogP contribution in [0.1, 0.15) is 30.7 Å². The van der Waals surface area contributed by atoms with E-state index in [9.17, 15) is 9.59 Å². The maximum Gasteiger partial charge on any atom is 0.257 e. The van der Waals surface area contributed by atoms with E-state index in [1.165, 1.54) is 17.3 Å². The van der Waals surface area contributed by atoms with Gasteiger partial charge < -0.3 is 10.2 Å². The second-order valence-electron chi connectivity index (χ2n) is 9.32. The number of nitrogens with one attached hydrogen (secondary N) is 2. The third kappa shape index (κ3) is 3.07. The zero-order valence-electron chi connectivity index (χ0n) is 19.3. The molecule has 2 aromatic heterocycles. The standard InChI is InChI=1S/C26H23N7O2S/c34-22-9-11-26(33(22)20-7-3-4-8-21(20)36-26)25(35)27-12-10-16-14-32(19-6-2-1-5-17(16)19)24-18-13-30-31-23(18)28-15-29-24/h1-8,13,15-16H,9-12,14H2,(H,27,35)(H,28,29,30,31). The van der Waals surface area contributed by atoms with Crippen molar-refractivity contribution in [3.05, 3.63) is 66.6 Å². The molecule has 3 aliphatic heterocycles. The smallest absolute Gasteiger partial charge is 0.257 e. The highest BCUT2D eigenvalue weighted by atomic mass is 32.2. The van der Waals surface area contributed by atoms with Crippen LogP contribution in [0.2, 0.25) is 0 Å². The molecule has 10 heteroatoms. The van der Waals surface area contributed by atoms with E-state index in [0.717, 1.165) is 40.4 Å². The molecule has 2 unspecified atom stereocenters. The summed E-state index contributed by atoms with van der Waals surface area (Å²) in [7, 11) is 0. The number of amides is 2. The summed E-state index contributed by atoms with van der Waals surface area (Å²) in [5.74, 6) is 0.976. The van der Waals surface area contributed by atoms with E-state index < -0.39 is 4.87 Å². The molecule has 2 aromatic carbocycles. The number of aromatic nitrogens is 4. The Kier molecular flexibility index (Phi) is 4.78. The number of thioether (sulfide) groups is 1. The Bertz CT molecular complexity index is 1520. The molecule has 4 aromatic rings. The van der Waals surface area contributed by atoms with Crippen LogP contribution in [-0.2, 0) is 9.59 Å². The number of aromatic amines is 1. The number of rotatable bonds is 5. The molecule has 0 bridgehead atoms. The lowest BCUT2D eigenvalue weighted by Gasteiger charge is -2.29. The van der Waals surface area contributed by atoms with Crippen LogP contribution in [-0.4, -0.2) is 49.9 Å². The lowest BCUT2D eigenvalue weighted by Crippen LogP contribution is -2.52. The molecule has 1 fully saturated rings. The van der Waals surface area contributed by atoms with Crippen LogP contribution in [0.15, 0.2) is 66.0 Å². The summed E-state index contributed by atoms with van der Waals surface area (Å²) >= 11 is 1.50. The second kappa shape index (κ2) is 8.06. The number of benzene rings is 2. The normalized spacial score (nSPS) is 22.1. The number of H-pyrrole nitrogens is 1. The van der Waals surface area contributed by atoms with Gasteiger partial charge >= 0.3 is 0 Å². The molecule has 0 saturated carbocycles. The Morgan fingerprint density at radius 3 is 2.89 bits per heavy atom. The van der Waals surface area contributed by atoms with Gasteiger partial charge in [0.25, 0.3) is 5.91 Å². The minimum Gasteiger partial charge on any atom is -0.353 e. The van der Waals surface area contributed by atoms with Crippen LogP contribution in [0.25, 0.3) is 11.0 Å². The maximum atomic E-state index is 13.5. The molecule has 2 N–H and O–H groups in total. The van der Waals surface area contributed by atoms with Gasteiger partial charge in [-0.2, -0.15) is 5.10 Å². The Balaban J connectivity index is 1.09. The van der Waals surface area contributed by atoms with Gasteiger partial charge in [-0.05, 0) is 36.6 Å². The van der Waals surface area contributed by atoms with Crippen molar-refractivity contribution in [3.8, 4) is 0 Å². The number of para-hydroxylation sites is 2. The highest BCUT2D eigenvalue weighted by Gasteiger charge is 2.57. The number of hydrogen-bond donors (Lipinski definition) is 2. The first-order valence-electron chi connectivity index (χ1n) is 12.1. The molecule has 7 rings (SSSR count). The van der Waals surface area contributed by atoms with Crippen molar-refractivity contribution in [2.24, 2.45) is 0 Å². The molecule has 36 heavy (non-hydrogen) atoms. The van der Waals surface area contributed by atoms with Crippen LogP contribution in [0.3, 0.4) is 0 Å². The van der Waals surface area contributed by atoms with E-state index in [1.54, 1.807) is 17.4 Å². The number of fused-ring (bicyclic) bond motifs is 5. The topological polar surface area (TPSA) is 107 Å². The molecular formula is C26H23N7O2S. The van der Waals surface area contributed by atoms with Gasteiger partial charge in [0, 0.05) is 36.0 Å². The predicted molar refractivity (Wildman–Crippen MR) is 137 cm³/mol. The number of carbonyl (C=O) groups excluding carboxylic acids is 2. The molecule has 0 aliphatic carbocycles. The van der Waals surface area contributed by atoms with Gasteiger partial charge in [-0.15, -0.1) is 0 Å². The first-order chi connectivity index (χ1) is 17.7. The van der Waals surface area contributed by atoms with Crippen molar-refractivity contribution < 1.29 is 9.59 Å². The Morgan fingerprint density at radius 1 is 1.14 bits per heavy atom. The second-order valence-corrected chi connectivity index (χ2v) is 10.6. The number of nitrogens with zero attached hydrogens (tertiary/aromatic N) is 5. The van der Waals surface area contributed by atoms with Gasteiger partial charge in [-0.25, -0.2) is 9.97 Å². The third-order valence-corrected chi connectivity index (χ3v) is 8.83. The number of anilines is 3. The van der Waals surface area contributed by atoms with E-state index in [1.807, 2.05) is 30.3 Å². The van der Waals surface area contributed by atoms with Crippen molar-refractivity contribution in [2.75, 3.05) is 22.9 Å². The van der Waals surface area contributed by atoms with Crippen LogP contribution >= 0.6 is 11.8 Å². The highest BCUT2D eigenvalue weighted by molar-refractivity contribution is 8.02. The molecule has 0 radical (unpaired) electrons. The zero-order chi connectivity index (χ0) is 24.3. The number of carbonyl (C=O) groups is 2. The molecule has 2 amide bonds. The van der Waals surface area contributed by atoms with Crippen molar-refractivity contribution in [1.82, 2.24) is 25.5 Å². The van der Waals surface area contributed by atoms with Gasteiger partial charge in [0.1, 0.15) is 12.1 Å². The van der Waals surface area contributed by atoms with Gasteiger partial charge in [0.05, 0.1) is 17.3 Å². The molecule has 0 spiro atoms. The molecular weight excluding hydrogens is 474 g/mol. The molecule has 1 saturated heterocycles. The Labute approximate surface area is 211 Å². The van der Waals surface area contributed by atoms with Gasteiger partial charge in [0.15, 0.2) is 10.5 Å². The minimum absolute atomic E-state index is 0.0124. The van der Waals surface area contributed by atoms with Gasteiger partial charge in [-0.1, -0.05) is 42.1 Å². The molecule has 180 valence electrons. The lowest BCUT2D eigenvalue weighted by molar-refractivity contribution is -0.124. The van der Waals surface area contributed by atoms with E-state index in [0.29, 0.717) is 25.0 Å².